The summed E-state index contributed by atoms with van der Waals surface area (Å²) in [6, 6.07) is 14.6. The predicted molar refractivity (Wildman–Crippen MR) is 92.9 cm³/mol. The predicted octanol–water partition coefficient (Wildman–Crippen LogP) is 4.23. The molecule has 0 radical (unpaired) electrons. The van der Waals surface area contributed by atoms with Gasteiger partial charge in [-0.25, -0.2) is 0 Å². The lowest BCUT2D eigenvalue weighted by Crippen LogP contribution is -2.16. The fraction of sp³-hybridized carbons (Fsp3) is 0.111. The van der Waals surface area contributed by atoms with Gasteiger partial charge in [-0.05, 0) is 35.5 Å². The maximum Gasteiger partial charge on any atom is 0.285 e. The van der Waals surface area contributed by atoms with E-state index in [0.29, 0.717) is 16.5 Å². The molecule has 3 rings (SSSR count). The molecule has 0 aliphatic heterocycles. The highest BCUT2D eigenvalue weighted by molar-refractivity contribution is 8.13. The van der Waals surface area contributed by atoms with Gasteiger partial charge in [-0.15, -0.1) is 0 Å². The first-order valence-corrected chi connectivity index (χ1v) is 7.88. The van der Waals surface area contributed by atoms with Crippen LogP contribution in [0.4, 0.5) is 4.79 Å². The number of benzene rings is 2. The first-order chi connectivity index (χ1) is 11.1. The van der Waals surface area contributed by atoms with Crippen molar-refractivity contribution >= 4 is 28.0 Å². The van der Waals surface area contributed by atoms with Crippen molar-refractivity contribution in [2.24, 2.45) is 0 Å². The van der Waals surface area contributed by atoms with Gasteiger partial charge in [-0.3, -0.25) is 9.59 Å². The monoisotopic (exact) mass is 325 g/mol. The molecule has 3 aromatic rings. The summed E-state index contributed by atoms with van der Waals surface area (Å²) in [5.41, 5.74) is 1.76. The van der Waals surface area contributed by atoms with E-state index in [1.54, 1.807) is 32.3 Å². The molecule has 0 saturated heterocycles. The molecule has 23 heavy (non-hydrogen) atoms. The van der Waals surface area contributed by atoms with E-state index in [4.69, 9.17) is 4.42 Å². The van der Waals surface area contributed by atoms with Crippen LogP contribution >= 0.6 is 11.8 Å². The van der Waals surface area contributed by atoms with E-state index in [1.165, 1.54) is 11.2 Å². The van der Waals surface area contributed by atoms with Crippen LogP contribution in [0.25, 0.3) is 22.1 Å². The Kier molecular flexibility index (Phi) is 4.21. The van der Waals surface area contributed by atoms with E-state index < -0.39 is 0 Å². The fourth-order valence-corrected chi connectivity index (χ4v) is 2.87. The molecule has 1 aromatic heterocycles. The van der Waals surface area contributed by atoms with Gasteiger partial charge in [0.2, 0.25) is 0 Å². The van der Waals surface area contributed by atoms with Crippen LogP contribution in [0.15, 0.2) is 68.9 Å². The molecule has 1 heterocycles. The molecule has 0 aliphatic rings. The van der Waals surface area contributed by atoms with Crippen molar-refractivity contribution < 1.29 is 9.21 Å². The van der Waals surface area contributed by atoms with Crippen molar-refractivity contribution in [1.29, 1.82) is 0 Å². The normalized spacial score (nSPS) is 10.7. The molecule has 0 N–H and O–H groups in total. The minimum atomic E-state index is -0.0763. The second-order valence-electron chi connectivity index (χ2n) is 5.26. The Bertz CT molecular complexity index is 916. The standard InChI is InChI=1S/C18H15NO3S/c1-19(2)18(21)23-13-8-9-14-16(10-13)22-11-15(17(14)20)12-6-4-3-5-7-12/h3-11H,1-2H3. The Morgan fingerprint density at radius 1 is 1.09 bits per heavy atom. The number of fused-ring (bicyclic) bond motifs is 1. The zero-order valence-corrected chi connectivity index (χ0v) is 13.6. The van der Waals surface area contributed by atoms with Crippen molar-refractivity contribution in [1.82, 2.24) is 4.90 Å². The van der Waals surface area contributed by atoms with Gasteiger partial charge in [0.15, 0.2) is 5.43 Å². The van der Waals surface area contributed by atoms with Crippen LogP contribution < -0.4 is 5.43 Å². The van der Waals surface area contributed by atoms with Crippen LogP contribution in [0.1, 0.15) is 0 Å². The molecule has 1 amide bonds. The SMILES string of the molecule is CN(C)C(=O)Sc1ccc2c(=O)c(-c3ccccc3)coc2c1. The van der Waals surface area contributed by atoms with Crippen LogP contribution in [-0.2, 0) is 0 Å². The Labute approximate surface area is 137 Å². The average molecular weight is 325 g/mol. The highest BCUT2D eigenvalue weighted by Crippen LogP contribution is 2.26. The van der Waals surface area contributed by atoms with Gasteiger partial charge in [0.05, 0.1) is 10.9 Å². The van der Waals surface area contributed by atoms with E-state index in [0.717, 1.165) is 22.2 Å². The van der Waals surface area contributed by atoms with E-state index in [1.807, 2.05) is 30.3 Å². The Morgan fingerprint density at radius 2 is 1.83 bits per heavy atom. The Hall–Kier alpha value is -2.53. The van der Waals surface area contributed by atoms with Crippen molar-refractivity contribution in [2.45, 2.75) is 4.90 Å². The molecular weight excluding hydrogens is 310 g/mol. The first kappa shape index (κ1) is 15.4. The molecule has 0 unspecified atom stereocenters. The molecule has 0 saturated carbocycles. The van der Waals surface area contributed by atoms with Crippen LogP contribution in [-0.4, -0.2) is 24.2 Å². The quantitative estimate of drug-likeness (QED) is 0.662. The second kappa shape index (κ2) is 6.30. The van der Waals surface area contributed by atoms with Crippen LogP contribution in [0, 0.1) is 0 Å². The van der Waals surface area contributed by atoms with Crippen LogP contribution in [0.5, 0.6) is 0 Å². The Balaban J connectivity index is 2.04. The first-order valence-electron chi connectivity index (χ1n) is 7.06. The van der Waals surface area contributed by atoms with E-state index in [9.17, 15) is 9.59 Å². The summed E-state index contributed by atoms with van der Waals surface area (Å²) in [7, 11) is 3.39. The summed E-state index contributed by atoms with van der Waals surface area (Å²) in [6.45, 7) is 0. The summed E-state index contributed by atoms with van der Waals surface area (Å²) in [5, 5.41) is 0.431. The smallest absolute Gasteiger partial charge is 0.285 e. The summed E-state index contributed by atoms with van der Waals surface area (Å²) < 4.78 is 5.62. The lowest BCUT2D eigenvalue weighted by molar-refractivity contribution is 0.241. The third-order valence-electron chi connectivity index (χ3n) is 3.40. The summed E-state index contributed by atoms with van der Waals surface area (Å²) in [6.07, 6.45) is 1.47. The maximum absolute atomic E-state index is 12.6. The van der Waals surface area contributed by atoms with Crippen LogP contribution in [0.3, 0.4) is 0 Å². The van der Waals surface area contributed by atoms with Gasteiger partial charge in [-0.2, -0.15) is 0 Å². The van der Waals surface area contributed by atoms with Gasteiger partial charge in [-0.1, -0.05) is 30.3 Å². The molecule has 0 aliphatic carbocycles. The minimum absolute atomic E-state index is 0.0760. The lowest BCUT2D eigenvalue weighted by Gasteiger charge is -2.09. The summed E-state index contributed by atoms with van der Waals surface area (Å²) in [4.78, 5) is 26.6. The lowest BCUT2D eigenvalue weighted by atomic mass is 10.1. The minimum Gasteiger partial charge on any atom is -0.463 e. The van der Waals surface area contributed by atoms with Crippen molar-refractivity contribution in [3.63, 3.8) is 0 Å². The fourth-order valence-electron chi connectivity index (χ4n) is 2.18. The van der Waals surface area contributed by atoms with E-state index in [-0.39, 0.29) is 10.7 Å². The largest absolute Gasteiger partial charge is 0.463 e. The molecular formula is C18H15NO3S. The van der Waals surface area contributed by atoms with Crippen molar-refractivity contribution in [3.05, 3.63) is 65.0 Å². The molecule has 0 fully saturated rings. The van der Waals surface area contributed by atoms with E-state index >= 15 is 0 Å². The third kappa shape index (κ3) is 3.14. The van der Waals surface area contributed by atoms with Crippen molar-refractivity contribution in [2.75, 3.05) is 14.1 Å². The van der Waals surface area contributed by atoms with Crippen LogP contribution in [0.2, 0.25) is 0 Å². The van der Waals surface area contributed by atoms with Gasteiger partial charge < -0.3 is 9.32 Å². The number of rotatable bonds is 2. The zero-order valence-electron chi connectivity index (χ0n) is 12.8. The maximum atomic E-state index is 12.6. The number of nitrogens with zero attached hydrogens (tertiary/aromatic N) is 1. The number of amides is 1. The van der Waals surface area contributed by atoms with E-state index in [2.05, 4.69) is 0 Å². The van der Waals surface area contributed by atoms with Crippen molar-refractivity contribution in [3.8, 4) is 11.1 Å². The number of carbonyl (C=O) groups excluding carboxylic acids is 1. The molecule has 5 heteroatoms. The topological polar surface area (TPSA) is 50.5 Å². The highest BCUT2D eigenvalue weighted by atomic mass is 32.2. The molecule has 0 bridgehead atoms. The highest BCUT2D eigenvalue weighted by Gasteiger charge is 2.12. The molecule has 0 atom stereocenters. The average Bonchev–Trinajstić information content (AvgIpc) is 2.56. The second-order valence-corrected chi connectivity index (χ2v) is 6.29. The van der Waals surface area contributed by atoms with Gasteiger partial charge in [0.25, 0.3) is 5.24 Å². The summed E-state index contributed by atoms with van der Waals surface area (Å²) in [5.74, 6) is 0. The number of hydrogen-bond donors (Lipinski definition) is 0. The molecule has 2 aromatic carbocycles. The molecule has 116 valence electrons. The zero-order chi connectivity index (χ0) is 16.4. The molecule has 0 spiro atoms. The van der Waals surface area contributed by atoms with Gasteiger partial charge in [0, 0.05) is 19.0 Å². The Morgan fingerprint density at radius 3 is 2.52 bits per heavy atom. The van der Waals surface area contributed by atoms with Gasteiger partial charge >= 0.3 is 0 Å². The third-order valence-corrected chi connectivity index (χ3v) is 4.43. The number of thioether (sulfide) groups is 1. The van der Waals surface area contributed by atoms with Gasteiger partial charge in [0.1, 0.15) is 11.8 Å². The number of hydrogen-bond acceptors (Lipinski definition) is 4. The molecule has 4 nitrogen and oxygen atoms in total. The number of carbonyl (C=O) groups is 1. The summed E-state index contributed by atoms with van der Waals surface area (Å²) >= 11 is 1.10.